The van der Waals surface area contributed by atoms with Gasteiger partial charge in [0, 0.05) is 5.02 Å². The molecular formula is C13H18ClNO3. The molecule has 1 aromatic rings. The van der Waals surface area contributed by atoms with Crippen molar-refractivity contribution >= 4 is 23.3 Å². The van der Waals surface area contributed by atoms with Crippen LogP contribution in [0, 0.1) is 0 Å². The summed E-state index contributed by atoms with van der Waals surface area (Å²) in [6, 6.07) is 4.91. The van der Waals surface area contributed by atoms with E-state index in [4.69, 9.17) is 26.8 Å². The van der Waals surface area contributed by atoms with Gasteiger partial charge in [0.1, 0.15) is 5.75 Å². The Labute approximate surface area is 112 Å². The number of esters is 1. The first-order valence-corrected chi connectivity index (χ1v) is 6.34. The molecule has 0 saturated heterocycles. The summed E-state index contributed by atoms with van der Waals surface area (Å²) >= 11 is 5.80. The van der Waals surface area contributed by atoms with Crippen molar-refractivity contribution in [3.8, 4) is 5.75 Å². The van der Waals surface area contributed by atoms with Gasteiger partial charge in [0.25, 0.3) is 0 Å². The van der Waals surface area contributed by atoms with E-state index in [1.807, 2.05) is 6.92 Å². The van der Waals surface area contributed by atoms with Gasteiger partial charge < -0.3 is 15.2 Å². The maximum absolute atomic E-state index is 11.7. The minimum absolute atomic E-state index is 0.332. The van der Waals surface area contributed by atoms with Gasteiger partial charge in [-0.1, -0.05) is 24.9 Å². The van der Waals surface area contributed by atoms with Gasteiger partial charge >= 0.3 is 5.97 Å². The monoisotopic (exact) mass is 271 g/mol. The van der Waals surface area contributed by atoms with Crippen molar-refractivity contribution in [1.82, 2.24) is 0 Å². The van der Waals surface area contributed by atoms with Crippen LogP contribution < -0.4 is 10.5 Å². The zero-order valence-corrected chi connectivity index (χ0v) is 11.4. The molecule has 1 rings (SSSR count). The highest BCUT2D eigenvalue weighted by Gasteiger charge is 2.21. The normalized spacial score (nSPS) is 11.9. The lowest BCUT2D eigenvalue weighted by Crippen LogP contribution is -2.29. The van der Waals surface area contributed by atoms with Gasteiger partial charge in [-0.15, -0.1) is 0 Å². The van der Waals surface area contributed by atoms with E-state index in [2.05, 4.69) is 0 Å². The van der Waals surface area contributed by atoms with Crippen LogP contribution in [0.5, 0.6) is 5.75 Å². The molecule has 0 spiro atoms. The Bertz CT molecular complexity index is 409. The number of carbonyl (C=O) groups excluding carboxylic acids is 1. The van der Waals surface area contributed by atoms with E-state index in [1.54, 1.807) is 25.1 Å². The first-order chi connectivity index (χ1) is 8.58. The van der Waals surface area contributed by atoms with Crippen LogP contribution in [0.2, 0.25) is 5.02 Å². The highest BCUT2D eigenvalue weighted by molar-refractivity contribution is 6.30. The van der Waals surface area contributed by atoms with Crippen molar-refractivity contribution < 1.29 is 14.3 Å². The smallest absolute Gasteiger partial charge is 0.347 e. The lowest BCUT2D eigenvalue weighted by Gasteiger charge is -2.18. The maximum Gasteiger partial charge on any atom is 0.347 e. The Morgan fingerprint density at radius 2 is 2.17 bits per heavy atom. The van der Waals surface area contributed by atoms with Crippen LogP contribution in [0.4, 0.5) is 5.69 Å². The fourth-order valence-corrected chi connectivity index (χ4v) is 1.68. The van der Waals surface area contributed by atoms with Crippen molar-refractivity contribution in [2.75, 3.05) is 12.3 Å². The molecule has 0 fully saturated rings. The Hall–Kier alpha value is -1.42. The molecule has 0 aliphatic heterocycles. The molecule has 100 valence electrons. The molecule has 0 heterocycles. The fourth-order valence-electron chi connectivity index (χ4n) is 1.50. The number of benzene rings is 1. The van der Waals surface area contributed by atoms with Crippen LogP contribution in [0.25, 0.3) is 0 Å². The lowest BCUT2D eigenvalue weighted by atomic mass is 10.2. The second kappa shape index (κ2) is 7.11. The van der Waals surface area contributed by atoms with Crippen LogP contribution in [0.3, 0.4) is 0 Å². The zero-order chi connectivity index (χ0) is 13.5. The molecule has 1 unspecified atom stereocenters. The largest absolute Gasteiger partial charge is 0.477 e. The molecule has 1 atom stereocenters. The van der Waals surface area contributed by atoms with E-state index in [-0.39, 0.29) is 5.97 Å². The summed E-state index contributed by atoms with van der Waals surface area (Å²) in [6.07, 6.45) is 0.774. The third kappa shape index (κ3) is 4.11. The number of rotatable bonds is 6. The van der Waals surface area contributed by atoms with Crippen LogP contribution >= 0.6 is 11.6 Å². The standard InChI is InChI=1S/C13H18ClNO3/c1-3-5-12(13(16)17-4-2)18-11-7-6-9(14)8-10(11)15/h6-8,12H,3-5,15H2,1-2H3. The summed E-state index contributed by atoms with van der Waals surface area (Å²) in [5.74, 6) is 0.0830. The van der Waals surface area contributed by atoms with Gasteiger partial charge in [-0.25, -0.2) is 4.79 Å². The molecule has 1 aromatic carbocycles. The Kier molecular flexibility index (Phi) is 5.78. The minimum atomic E-state index is -0.626. The first kappa shape index (κ1) is 14.6. The number of ether oxygens (including phenoxy) is 2. The van der Waals surface area contributed by atoms with Gasteiger partial charge in [0.05, 0.1) is 12.3 Å². The first-order valence-electron chi connectivity index (χ1n) is 5.96. The predicted molar refractivity (Wildman–Crippen MR) is 71.8 cm³/mol. The molecule has 0 aromatic heterocycles. The highest BCUT2D eigenvalue weighted by atomic mass is 35.5. The third-order valence-electron chi connectivity index (χ3n) is 2.34. The fraction of sp³-hybridized carbons (Fsp3) is 0.462. The molecule has 0 amide bonds. The van der Waals surface area contributed by atoms with Gasteiger partial charge in [0.15, 0.2) is 6.10 Å². The molecule has 5 heteroatoms. The van der Waals surface area contributed by atoms with E-state index in [0.29, 0.717) is 29.5 Å². The summed E-state index contributed by atoms with van der Waals surface area (Å²) in [7, 11) is 0. The van der Waals surface area contributed by atoms with Gasteiger partial charge in [-0.3, -0.25) is 0 Å². The molecule has 2 N–H and O–H groups in total. The summed E-state index contributed by atoms with van der Waals surface area (Å²) in [5, 5.41) is 0.531. The van der Waals surface area contributed by atoms with E-state index in [9.17, 15) is 4.79 Å². The summed E-state index contributed by atoms with van der Waals surface area (Å²) in [5.41, 5.74) is 6.19. The number of halogens is 1. The van der Waals surface area contributed by atoms with E-state index in [1.165, 1.54) is 0 Å². The molecule has 18 heavy (non-hydrogen) atoms. The van der Waals surface area contributed by atoms with E-state index in [0.717, 1.165) is 6.42 Å². The van der Waals surface area contributed by atoms with Crippen LogP contribution in [-0.4, -0.2) is 18.7 Å². The van der Waals surface area contributed by atoms with Crippen LogP contribution in [-0.2, 0) is 9.53 Å². The Morgan fingerprint density at radius 3 is 2.72 bits per heavy atom. The summed E-state index contributed by atoms with van der Waals surface area (Å²) in [6.45, 7) is 4.07. The van der Waals surface area contributed by atoms with Crippen molar-refractivity contribution in [2.24, 2.45) is 0 Å². The Balaban J connectivity index is 2.79. The highest BCUT2D eigenvalue weighted by Crippen LogP contribution is 2.26. The Morgan fingerprint density at radius 1 is 1.44 bits per heavy atom. The molecular weight excluding hydrogens is 254 g/mol. The average molecular weight is 272 g/mol. The van der Waals surface area contributed by atoms with Crippen molar-refractivity contribution in [3.05, 3.63) is 23.2 Å². The number of nitrogens with two attached hydrogens (primary N) is 1. The molecule has 0 bridgehead atoms. The quantitative estimate of drug-likeness (QED) is 0.638. The molecule has 0 aliphatic rings. The average Bonchev–Trinajstić information content (AvgIpc) is 2.32. The number of anilines is 1. The second-order valence-electron chi connectivity index (χ2n) is 3.83. The van der Waals surface area contributed by atoms with Crippen LogP contribution in [0.1, 0.15) is 26.7 Å². The molecule has 4 nitrogen and oxygen atoms in total. The lowest BCUT2D eigenvalue weighted by molar-refractivity contribution is -0.151. The maximum atomic E-state index is 11.7. The van der Waals surface area contributed by atoms with Gasteiger partial charge in [-0.2, -0.15) is 0 Å². The zero-order valence-electron chi connectivity index (χ0n) is 10.6. The number of hydrogen-bond acceptors (Lipinski definition) is 4. The van der Waals surface area contributed by atoms with Gasteiger partial charge in [-0.05, 0) is 31.5 Å². The number of hydrogen-bond donors (Lipinski definition) is 1. The second-order valence-corrected chi connectivity index (χ2v) is 4.27. The van der Waals surface area contributed by atoms with E-state index < -0.39 is 6.10 Å². The SMILES string of the molecule is CCCC(Oc1ccc(Cl)cc1N)C(=O)OCC. The minimum Gasteiger partial charge on any atom is -0.477 e. The molecule has 0 saturated carbocycles. The molecule has 0 aliphatic carbocycles. The van der Waals surface area contributed by atoms with E-state index >= 15 is 0 Å². The predicted octanol–water partition coefficient (Wildman–Crippen LogP) is 3.03. The summed E-state index contributed by atoms with van der Waals surface area (Å²) in [4.78, 5) is 11.7. The van der Waals surface area contributed by atoms with Crippen molar-refractivity contribution in [3.63, 3.8) is 0 Å². The van der Waals surface area contributed by atoms with Gasteiger partial charge in [0.2, 0.25) is 0 Å². The number of nitrogen functional groups attached to an aromatic ring is 1. The number of carbonyl (C=O) groups is 1. The molecule has 0 radical (unpaired) electrons. The van der Waals surface area contributed by atoms with Crippen molar-refractivity contribution in [1.29, 1.82) is 0 Å². The van der Waals surface area contributed by atoms with Crippen molar-refractivity contribution in [2.45, 2.75) is 32.8 Å². The third-order valence-corrected chi connectivity index (χ3v) is 2.58. The summed E-state index contributed by atoms with van der Waals surface area (Å²) < 4.78 is 10.6. The topological polar surface area (TPSA) is 61.5 Å². The van der Waals surface area contributed by atoms with Crippen LogP contribution in [0.15, 0.2) is 18.2 Å².